The molecule has 2 heterocycles. The second-order valence-electron chi connectivity index (χ2n) is 3.91. The van der Waals surface area contributed by atoms with E-state index in [9.17, 15) is 9.18 Å². The Labute approximate surface area is 111 Å². The maximum absolute atomic E-state index is 13.6. The number of rotatable bonds is 2. The van der Waals surface area contributed by atoms with Gasteiger partial charge >= 0.3 is 5.97 Å². The Morgan fingerprint density at radius 3 is 3.00 bits per heavy atom. The Bertz CT molecular complexity index is 801. The van der Waals surface area contributed by atoms with E-state index < -0.39 is 11.8 Å². The minimum absolute atomic E-state index is 0.172. The van der Waals surface area contributed by atoms with Gasteiger partial charge in [0.05, 0.1) is 18.9 Å². The van der Waals surface area contributed by atoms with Crippen LogP contribution >= 0.6 is 0 Å². The summed E-state index contributed by atoms with van der Waals surface area (Å²) in [6.07, 6.45) is 1.49. The van der Waals surface area contributed by atoms with E-state index >= 15 is 0 Å². The number of nitrogens with zero attached hydrogens (tertiary/aromatic N) is 4. The van der Waals surface area contributed by atoms with Crippen molar-refractivity contribution in [3.05, 3.63) is 35.8 Å². The number of ether oxygens (including phenoxy) is 1. The molecule has 3 aromatic rings. The topological polar surface area (TPSA) is 93.7 Å². The van der Waals surface area contributed by atoms with Crippen LogP contribution in [0.25, 0.3) is 22.6 Å². The van der Waals surface area contributed by atoms with Gasteiger partial charge in [0, 0.05) is 5.56 Å². The van der Waals surface area contributed by atoms with Crippen molar-refractivity contribution >= 4 is 17.1 Å². The van der Waals surface area contributed by atoms with Crippen LogP contribution in [0.5, 0.6) is 0 Å². The summed E-state index contributed by atoms with van der Waals surface area (Å²) in [6, 6.07) is 3.98. The number of aromatic nitrogens is 5. The lowest BCUT2D eigenvalue weighted by molar-refractivity contribution is 0.0595. The molecule has 0 amide bonds. The summed E-state index contributed by atoms with van der Waals surface area (Å²) in [5.41, 5.74) is 1.22. The van der Waals surface area contributed by atoms with Crippen molar-refractivity contribution in [3.63, 3.8) is 0 Å². The van der Waals surface area contributed by atoms with Crippen molar-refractivity contribution in [2.75, 3.05) is 7.11 Å². The lowest BCUT2D eigenvalue weighted by Crippen LogP contribution is -2.05. The van der Waals surface area contributed by atoms with E-state index in [-0.39, 0.29) is 5.56 Å². The van der Waals surface area contributed by atoms with Gasteiger partial charge in [-0.2, -0.15) is 10.3 Å². The molecule has 0 unspecified atom stereocenters. The first-order chi connectivity index (χ1) is 9.69. The van der Waals surface area contributed by atoms with E-state index in [1.807, 2.05) is 0 Å². The predicted molar refractivity (Wildman–Crippen MR) is 66.2 cm³/mol. The smallest absolute Gasteiger partial charge is 0.340 e. The molecule has 3 rings (SSSR count). The first-order valence-electron chi connectivity index (χ1n) is 5.61. The molecule has 0 atom stereocenters. The van der Waals surface area contributed by atoms with Crippen molar-refractivity contribution in [2.45, 2.75) is 0 Å². The van der Waals surface area contributed by atoms with Crippen LogP contribution in [0.3, 0.4) is 0 Å². The number of H-pyrrole nitrogens is 1. The Morgan fingerprint density at radius 1 is 1.35 bits per heavy atom. The fourth-order valence-corrected chi connectivity index (χ4v) is 1.72. The lowest BCUT2D eigenvalue weighted by atomic mass is 10.1. The molecule has 100 valence electrons. The standard InChI is InChI=1S/C12H8FN5O2/c1-20-12(19)7-4-6(2-3-8(7)13)10-14-5-9-11(15-10)17-18-16-9/h2-5H,1H3,(H,14,15,16,17,18). The van der Waals surface area contributed by atoms with Crippen molar-refractivity contribution in [2.24, 2.45) is 0 Å². The van der Waals surface area contributed by atoms with Crippen LogP contribution in [-0.4, -0.2) is 38.5 Å². The number of halogens is 1. The summed E-state index contributed by atoms with van der Waals surface area (Å²) in [6.45, 7) is 0. The monoisotopic (exact) mass is 273 g/mol. The number of hydrogen-bond acceptors (Lipinski definition) is 6. The van der Waals surface area contributed by atoms with E-state index in [0.29, 0.717) is 22.6 Å². The third-order valence-corrected chi connectivity index (χ3v) is 2.71. The predicted octanol–water partition coefficient (Wildman–Crippen LogP) is 1.34. The molecule has 0 saturated carbocycles. The molecule has 0 bridgehead atoms. The van der Waals surface area contributed by atoms with Crippen LogP contribution in [-0.2, 0) is 4.74 Å². The molecule has 0 saturated heterocycles. The molecule has 7 nitrogen and oxygen atoms in total. The molecule has 0 aliphatic rings. The Balaban J connectivity index is 2.11. The van der Waals surface area contributed by atoms with Gasteiger partial charge in [-0.1, -0.05) is 0 Å². The summed E-state index contributed by atoms with van der Waals surface area (Å²) in [7, 11) is 1.19. The number of aromatic amines is 1. The quantitative estimate of drug-likeness (QED) is 0.708. The maximum atomic E-state index is 13.6. The maximum Gasteiger partial charge on any atom is 0.340 e. The molecule has 1 N–H and O–H groups in total. The summed E-state index contributed by atoms with van der Waals surface area (Å²) < 4.78 is 18.1. The first kappa shape index (κ1) is 12.2. The largest absolute Gasteiger partial charge is 0.465 e. The molecule has 20 heavy (non-hydrogen) atoms. The van der Waals surface area contributed by atoms with E-state index in [2.05, 4.69) is 30.1 Å². The number of fused-ring (bicyclic) bond motifs is 1. The van der Waals surface area contributed by atoms with Gasteiger partial charge in [-0.05, 0) is 18.2 Å². The fourth-order valence-electron chi connectivity index (χ4n) is 1.72. The zero-order valence-electron chi connectivity index (χ0n) is 10.3. The van der Waals surface area contributed by atoms with Crippen molar-refractivity contribution in [3.8, 4) is 11.4 Å². The van der Waals surface area contributed by atoms with Gasteiger partial charge in [0.15, 0.2) is 5.82 Å². The van der Waals surface area contributed by atoms with Gasteiger partial charge in [-0.3, -0.25) is 0 Å². The molecule has 0 fully saturated rings. The van der Waals surface area contributed by atoms with Crippen LogP contribution in [0, 0.1) is 5.82 Å². The zero-order valence-corrected chi connectivity index (χ0v) is 10.3. The van der Waals surface area contributed by atoms with Crippen LogP contribution in [0.4, 0.5) is 4.39 Å². The molecule has 8 heteroatoms. The highest BCUT2D eigenvalue weighted by atomic mass is 19.1. The van der Waals surface area contributed by atoms with Gasteiger partial charge < -0.3 is 4.74 Å². The molecule has 0 aliphatic heterocycles. The molecule has 0 radical (unpaired) electrons. The Kier molecular flexibility index (Phi) is 2.82. The highest BCUT2D eigenvalue weighted by Gasteiger charge is 2.15. The third kappa shape index (κ3) is 1.96. The van der Waals surface area contributed by atoms with E-state index in [1.54, 1.807) is 0 Å². The number of hydrogen-bond donors (Lipinski definition) is 1. The number of esters is 1. The van der Waals surface area contributed by atoms with Crippen molar-refractivity contribution < 1.29 is 13.9 Å². The summed E-state index contributed by atoms with van der Waals surface area (Å²) in [4.78, 5) is 19.7. The zero-order chi connectivity index (χ0) is 14.1. The Hall–Kier alpha value is -2.90. The number of carbonyl (C=O) groups excluding carboxylic acids is 1. The number of carbonyl (C=O) groups is 1. The number of benzene rings is 1. The molecular formula is C12H8FN5O2. The van der Waals surface area contributed by atoms with E-state index in [1.165, 1.54) is 25.4 Å². The highest BCUT2D eigenvalue weighted by Crippen LogP contribution is 2.20. The summed E-state index contributed by atoms with van der Waals surface area (Å²) in [5, 5.41) is 10.1. The molecule has 0 aliphatic carbocycles. The SMILES string of the molecule is COC(=O)c1cc(-c2ncc3n[nH]nc3n2)ccc1F. The minimum Gasteiger partial charge on any atom is -0.465 e. The molecule has 0 spiro atoms. The van der Waals surface area contributed by atoms with Crippen LogP contribution in [0.15, 0.2) is 24.4 Å². The molecule has 2 aromatic heterocycles. The minimum atomic E-state index is -0.758. The second kappa shape index (κ2) is 4.65. The normalized spacial score (nSPS) is 10.7. The number of nitrogens with one attached hydrogen (secondary N) is 1. The third-order valence-electron chi connectivity index (χ3n) is 2.71. The number of methoxy groups -OCH3 is 1. The highest BCUT2D eigenvalue weighted by molar-refractivity contribution is 5.91. The van der Waals surface area contributed by atoms with Gasteiger partial charge in [-0.25, -0.2) is 19.2 Å². The summed E-state index contributed by atoms with van der Waals surface area (Å²) >= 11 is 0. The van der Waals surface area contributed by atoms with Gasteiger partial charge in [0.2, 0.25) is 5.65 Å². The lowest BCUT2D eigenvalue weighted by Gasteiger charge is -2.04. The van der Waals surface area contributed by atoms with Gasteiger partial charge in [0.1, 0.15) is 11.3 Å². The van der Waals surface area contributed by atoms with Crippen LogP contribution < -0.4 is 0 Å². The fraction of sp³-hybridized carbons (Fsp3) is 0.0833. The average Bonchev–Trinajstić information content (AvgIpc) is 2.94. The Morgan fingerprint density at radius 2 is 2.20 bits per heavy atom. The first-order valence-corrected chi connectivity index (χ1v) is 5.61. The van der Waals surface area contributed by atoms with Crippen LogP contribution in [0.1, 0.15) is 10.4 Å². The average molecular weight is 273 g/mol. The van der Waals surface area contributed by atoms with Gasteiger partial charge in [0.25, 0.3) is 0 Å². The van der Waals surface area contributed by atoms with E-state index in [0.717, 1.165) is 6.07 Å². The van der Waals surface area contributed by atoms with Crippen molar-refractivity contribution in [1.82, 2.24) is 25.4 Å². The van der Waals surface area contributed by atoms with Gasteiger partial charge in [-0.15, -0.1) is 5.10 Å². The summed E-state index contributed by atoms with van der Waals surface area (Å²) in [5.74, 6) is -1.11. The molecular weight excluding hydrogens is 265 g/mol. The van der Waals surface area contributed by atoms with Crippen LogP contribution in [0.2, 0.25) is 0 Å². The second-order valence-corrected chi connectivity index (χ2v) is 3.91. The van der Waals surface area contributed by atoms with Crippen molar-refractivity contribution in [1.29, 1.82) is 0 Å². The molecule has 1 aromatic carbocycles. The van der Waals surface area contributed by atoms with E-state index in [4.69, 9.17) is 0 Å².